The summed E-state index contributed by atoms with van der Waals surface area (Å²) in [5.74, 6) is 0.117. The maximum Gasteiger partial charge on any atom is 0.427 e. The van der Waals surface area contributed by atoms with Crippen molar-refractivity contribution in [2.45, 2.75) is 83.7 Å². The zero-order valence-electron chi connectivity index (χ0n) is 17.9. The van der Waals surface area contributed by atoms with Gasteiger partial charge in [0.25, 0.3) is 0 Å². The summed E-state index contributed by atoms with van der Waals surface area (Å²) in [5.41, 5.74) is 2.07. The van der Waals surface area contributed by atoms with Gasteiger partial charge in [0, 0.05) is 5.56 Å². The van der Waals surface area contributed by atoms with Crippen molar-refractivity contribution in [3.05, 3.63) is 52.8 Å². The molecule has 2 aromatic carbocycles. The van der Waals surface area contributed by atoms with Crippen LogP contribution in [-0.4, -0.2) is 0 Å². The predicted molar refractivity (Wildman–Crippen MR) is 115 cm³/mol. The molecule has 2 aromatic rings. The van der Waals surface area contributed by atoms with Crippen molar-refractivity contribution < 1.29 is 17.9 Å². The maximum atomic E-state index is 15.0. The Morgan fingerprint density at radius 3 is 2.40 bits per heavy atom. The first kappa shape index (κ1) is 21.3. The Kier molecular flexibility index (Phi) is 6.13. The summed E-state index contributed by atoms with van der Waals surface area (Å²) >= 11 is 0. The van der Waals surface area contributed by atoms with Crippen molar-refractivity contribution >= 4 is 0 Å². The van der Waals surface area contributed by atoms with Crippen molar-refractivity contribution in [3.8, 4) is 16.9 Å². The van der Waals surface area contributed by atoms with Gasteiger partial charge in [0.1, 0.15) is 0 Å². The first-order valence-electron chi connectivity index (χ1n) is 11.5. The van der Waals surface area contributed by atoms with E-state index in [0.29, 0.717) is 29.0 Å². The number of hydrogen-bond acceptors (Lipinski definition) is 1. The number of fused-ring (bicyclic) bond motifs is 3. The number of ether oxygens (including phenoxy) is 1. The molecule has 1 fully saturated rings. The van der Waals surface area contributed by atoms with Crippen LogP contribution in [-0.2, 0) is 12.5 Å². The van der Waals surface area contributed by atoms with Crippen LogP contribution in [0.3, 0.4) is 0 Å². The molecule has 1 saturated carbocycles. The lowest BCUT2D eigenvalue weighted by atomic mass is 9.77. The van der Waals surface area contributed by atoms with Gasteiger partial charge in [-0.25, -0.2) is 4.39 Å². The number of benzene rings is 2. The van der Waals surface area contributed by atoms with Crippen LogP contribution in [0.1, 0.15) is 87.8 Å². The van der Waals surface area contributed by atoms with Crippen molar-refractivity contribution in [3.63, 3.8) is 0 Å². The molecule has 2 aliphatic rings. The fourth-order valence-corrected chi connectivity index (χ4v) is 5.05. The van der Waals surface area contributed by atoms with Gasteiger partial charge in [0.2, 0.25) is 0 Å². The van der Waals surface area contributed by atoms with Crippen molar-refractivity contribution in [2.24, 2.45) is 5.92 Å². The van der Waals surface area contributed by atoms with Gasteiger partial charge in [0.05, 0.1) is 5.56 Å². The summed E-state index contributed by atoms with van der Waals surface area (Å²) in [5, 5.41) is 0. The Labute approximate surface area is 177 Å². The fourth-order valence-electron chi connectivity index (χ4n) is 5.05. The second kappa shape index (κ2) is 8.64. The molecule has 30 heavy (non-hydrogen) atoms. The third-order valence-electron chi connectivity index (χ3n) is 7.00. The molecule has 0 aromatic heterocycles. The van der Waals surface area contributed by atoms with E-state index in [0.717, 1.165) is 56.4 Å². The monoisotopic (exact) mass is 416 g/mol. The van der Waals surface area contributed by atoms with E-state index in [2.05, 4.69) is 13.8 Å². The summed E-state index contributed by atoms with van der Waals surface area (Å²) in [6.45, 7) is 4.29. The fraction of sp³-hybridized carbons (Fsp3) is 0.538. The van der Waals surface area contributed by atoms with Crippen LogP contribution >= 0.6 is 0 Å². The van der Waals surface area contributed by atoms with E-state index in [1.807, 2.05) is 6.07 Å². The molecule has 0 spiro atoms. The molecule has 1 aliphatic carbocycles. The van der Waals surface area contributed by atoms with Crippen molar-refractivity contribution in [2.75, 3.05) is 0 Å². The van der Waals surface area contributed by atoms with Gasteiger partial charge >= 0.3 is 6.11 Å². The lowest BCUT2D eigenvalue weighted by Crippen LogP contribution is -2.28. The first-order valence-corrected chi connectivity index (χ1v) is 11.5. The summed E-state index contributed by atoms with van der Waals surface area (Å²) in [6, 6.07) is 8.75. The number of unbranched alkanes of at least 4 members (excludes halogenated alkanes) is 2. The topological polar surface area (TPSA) is 9.23 Å². The smallest absolute Gasteiger partial charge is 0.425 e. The van der Waals surface area contributed by atoms with Gasteiger partial charge in [-0.2, -0.15) is 8.78 Å². The largest absolute Gasteiger partial charge is 0.427 e. The molecule has 1 aliphatic heterocycles. The third-order valence-corrected chi connectivity index (χ3v) is 7.00. The van der Waals surface area contributed by atoms with E-state index in [4.69, 9.17) is 4.74 Å². The molecule has 1 nitrogen and oxygen atoms in total. The highest BCUT2D eigenvalue weighted by Gasteiger charge is 2.43. The third kappa shape index (κ3) is 3.98. The van der Waals surface area contributed by atoms with Crippen molar-refractivity contribution in [1.82, 2.24) is 0 Å². The molecule has 162 valence electrons. The van der Waals surface area contributed by atoms with Crippen LogP contribution in [0.25, 0.3) is 11.1 Å². The van der Waals surface area contributed by atoms with Crippen LogP contribution in [0.2, 0.25) is 0 Å². The number of alkyl halides is 2. The number of hydrogen-bond donors (Lipinski definition) is 0. The minimum atomic E-state index is -3.53. The molecule has 0 saturated heterocycles. The molecule has 0 unspecified atom stereocenters. The summed E-state index contributed by atoms with van der Waals surface area (Å²) in [7, 11) is 0. The van der Waals surface area contributed by atoms with E-state index >= 15 is 4.39 Å². The Morgan fingerprint density at radius 1 is 0.967 bits per heavy atom. The molecule has 0 radical (unpaired) electrons. The number of halogens is 3. The maximum absolute atomic E-state index is 15.0. The molecule has 0 amide bonds. The Morgan fingerprint density at radius 2 is 1.70 bits per heavy atom. The van der Waals surface area contributed by atoms with Gasteiger partial charge in [0.15, 0.2) is 11.6 Å². The quantitative estimate of drug-likeness (QED) is 0.430. The Hall–Kier alpha value is -1.97. The van der Waals surface area contributed by atoms with Crippen LogP contribution < -0.4 is 4.74 Å². The Bertz CT molecular complexity index is 897. The zero-order valence-corrected chi connectivity index (χ0v) is 17.9. The van der Waals surface area contributed by atoms with Crippen LogP contribution in [0, 0.1) is 11.7 Å². The van der Waals surface area contributed by atoms with Crippen LogP contribution in [0.5, 0.6) is 5.75 Å². The van der Waals surface area contributed by atoms with Gasteiger partial charge in [-0.1, -0.05) is 57.4 Å². The predicted octanol–water partition coefficient (Wildman–Crippen LogP) is 8.35. The van der Waals surface area contributed by atoms with E-state index in [1.54, 1.807) is 24.3 Å². The molecular weight excluding hydrogens is 385 g/mol. The van der Waals surface area contributed by atoms with Gasteiger partial charge in [-0.05, 0) is 73.1 Å². The van der Waals surface area contributed by atoms with Crippen LogP contribution in [0.4, 0.5) is 13.2 Å². The van der Waals surface area contributed by atoms with E-state index in [9.17, 15) is 8.78 Å². The summed E-state index contributed by atoms with van der Waals surface area (Å²) in [4.78, 5) is 0. The molecule has 4 rings (SSSR count). The lowest BCUT2D eigenvalue weighted by Gasteiger charge is -2.32. The first-order chi connectivity index (χ1) is 14.4. The number of rotatable bonds is 6. The highest BCUT2D eigenvalue weighted by molar-refractivity contribution is 5.77. The molecule has 0 N–H and O–H groups in total. The summed E-state index contributed by atoms with van der Waals surface area (Å²) < 4.78 is 49.9. The minimum Gasteiger partial charge on any atom is -0.425 e. The number of aryl methyl sites for hydroxylation is 1. The zero-order chi connectivity index (χ0) is 21.3. The molecule has 1 heterocycles. The standard InChI is InChI=1S/C26H31F3O/c1-3-5-6-7-19-12-15-22-21-14-13-20(18-10-8-17(4-2)9-11-18)16-23(21)26(28,29)30-25(22)24(19)27/h12-18H,3-11H2,1-2H3. The van der Waals surface area contributed by atoms with Crippen LogP contribution in [0.15, 0.2) is 30.3 Å². The summed E-state index contributed by atoms with van der Waals surface area (Å²) in [6.07, 6.45) is 5.42. The highest BCUT2D eigenvalue weighted by atomic mass is 19.3. The molecule has 0 atom stereocenters. The second-order valence-electron chi connectivity index (χ2n) is 8.92. The van der Waals surface area contributed by atoms with Gasteiger partial charge in [-0.3, -0.25) is 0 Å². The minimum absolute atomic E-state index is 0.136. The average molecular weight is 417 g/mol. The van der Waals surface area contributed by atoms with Crippen molar-refractivity contribution in [1.29, 1.82) is 0 Å². The average Bonchev–Trinajstić information content (AvgIpc) is 2.76. The molecule has 0 bridgehead atoms. The van der Waals surface area contributed by atoms with Gasteiger partial charge in [-0.15, -0.1) is 0 Å². The van der Waals surface area contributed by atoms with E-state index in [1.165, 1.54) is 6.42 Å². The molecular formula is C26H31F3O. The molecule has 4 heteroatoms. The Balaban J connectivity index is 1.66. The SMILES string of the molecule is CCCCCc1ccc2c(c1F)OC(F)(F)c1cc(C3CCC(CC)CC3)ccc1-2. The highest BCUT2D eigenvalue weighted by Crippen LogP contribution is 2.50. The second-order valence-corrected chi connectivity index (χ2v) is 8.92. The van der Waals surface area contributed by atoms with Gasteiger partial charge < -0.3 is 4.74 Å². The van der Waals surface area contributed by atoms with E-state index in [-0.39, 0.29) is 11.3 Å². The normalized spacial score (nSPS) is 22.2. The lowest BCUT2D eigenvalue weighted by molar-refractivity contribution is -0.188. The van der Waals surface area contributed by atoms with E-state index < -0.39 is 11.9 Å².